The average Bonchev–Trinajstić information content (AvgIpc) is 2.69. The van der Waals surface area contributed by atoms with Gasteiger partial charge < -0.3 is 0 Å². The van der Waals surface area contributed by atoms with E-state index in [1.165, 1.54) is 58.7 Å². The molecule has 126 valence electrons. The number of rotatable bonds is 3. The predicted molar refractivity (Wildman–Crippen MR) is 109 cm³/mol. The number of fused-ring (bicyclic) bond motifs is 1. The lowest BCUT2D eigenvalue weighted by Crippen LogP contribution is -2.15. The van der Waals surface area contributed by atoms with E-state index in [4.69, 9.17) is 0 Å². The van der Waals surface area contributed by atoms with Gasteiger partial charge in [0.1, 0.15) is 0 Å². The van der Waals surface area contributed by atoms with Crippen LogP contribution in [-0.2, 0) is 0 Å². The number of hydrogen-bond acceptors (Lipinski definition) is 0. The van der Waals surface area contributed by atoms with E-state index in [9.17, 15) is 0 Å². The number of aryl methyl sites for hydroxylation is 1. The fraction of sp³-hybridized carbons (Fsp3) is 0.280. The first-order valence-corrected chi connectivity index (χ1v) is 9.46. The fourth-order valence-electron chi connectivity index (χ4n) is 4.48. The van der Waals surface area contributed by atoms with Gasteiger partial charge in [-0.05, 0) is 71.1 Å². The second-order valence-electron chi connectivity index (χ2n) is 7.47. The molecule has 2 atom stereocenters. The maximum Gasteiger partial charge on any atom is -0.0106 e. The average molecular weight is 326 g/mol. The Morgan fingerprint density at radius 3 is 2.36 bits per heavy atom. The third kappa shape index (κ3) is 3.14. The van der Waals surface area contributed by atoms with E-state index in [-0.39, 0.29) is 0 Å². The highest BCUT2D eigenvalue weighted by molar-refractivity contribution is 5.95. The Morgan fingerprint density at radius 1 is 0.840 bits per heavy atom. The Bertz CT molecular complexity index is 888. The first-order chi connectivity index (χ1) is 12.2. The lowest BCUT2D eigenvalue weighted by Gasteiger charge is -2.31. The first-order valence-electron chi connectivity index (χ1n) is 9.46. The van der Waals surface area contributed by atoms with Crippen molar-refractivity contribution in [2.45, 2.75) is 38.5 Å². The molecule has 1 fully saturated rings. The second-order valence-corrected chi connectivity index (χ2v) is 7.47. The van der Waals surface area contributed by atoms with Crippen LogP contribution < -0.4 is 0 Å². The standard InChI is InChI=1S/C25H26/c1-18-15-16-24(25-14-7-6-13-23(18)25)19(2)21-11-8-12-22(17-21)20-9-4-3-5-10-20/h3-7,9-10,13-16,21-22H,2,8,11-12,17H2,1H3. The molecular weight excluding hydrogens is 300 g/mol. The van der Waals surface area contributed by atoms with Crippen molar-refractivity contribution in [2.24, 2.45) is 5.92 Å². The summed E-state index contributed by atoms with van der Waals surface area (Å²) in [5.74, 6) is 1.26. The zero-order chi connectivity index (χ0) is 17.2. The minimum atomic E-state index is 0.588. The lowest BCUT2D eigenvalue weighted by atomic mass is 9.73. The summed E-state index contributed by atoms with van der Waals surface area (Å²) in [7, 11) is 0. The molecule has 3 aromatic rings. The molecule has 0 aliphatic heterocycles. The third-order valence-electron chi connectivity index (χ3n) is 5.93. The molecule has 0 heteroatoms. The van der Waals surface area contributed by atoms with Crippen molar-refractivity contribution < 1.29 is 0 Å². The summed E-state index contributed by atoms with van der Waals surface area (Å²) >= 11 is 0. The number of benzene rings is 3. The molecule has 4 rings (SSSR count). The Labute approximate surface area is 151 Å². The summed E-state index contributed by atoms with van der Waals surface area (Å²) < 4.78 is 0. The van der Waals surface area contributed by atoms with Crippen molar-refractivity contribution in [3.63, 3.8) is 0 Å². The van der Waals surface area contributed by atoms with Gasteiger partial charge in [-0.1, -0.05) is 79.7 Å². The Balaban J connectivity index is 1.64. The van der Waals surface area contributed by atoms with Gasteiger partial charge in [-0.2, -0.15) is 0 Å². The van der Waals surface area contributed by atoms with Gasteiger partial charge >= 0.3 is 0 Å². The molecular formula is C25H26. The van der Waals surface area contributed by atoms with E-state index >= 15 is 0 Å². The molecule has 0 nitrogen and oxygen atoms in total. The van der Waals surface area contributed by atoms with Crippen LogP contribution >= 0.6 is 0 Å². The van der Waals surface area contributed by atoms with Crippen molar-refractivity contribution in [3.8, 4) is 0 Å². The maximum atomic E-state index is 4.56. The smallest absolute Gasteiger partial charge is 0.0106 e. The van der Waals surface area contributed by atoms with E-state index < -0.39 is 0 Å². The van der Waals surface area contributed by atoms with Crippen LogP contribution in [0.25, 0.3) is 16.3 Å². The van der Waals surface area contributed by atoms with Crippen LogP contribution in [0.15, 0.2) is 73.3 Å². The van der Waals surface area contributed by atoms with Crippen molar-refractivity contribution in [3.05, 3.63) is 90.0 Å². The monoisotopic (exact) mass is 326 g/mol. The zero-order valence-electron chi connectivity index (χ0n) is 15.0. The molecule has 1 aliphatic rings. The third-order valence-corrected chi connectivity index (χ3v) is 5.93. The van der Waals surface area contributed by atoms with Gasteiger partial charge in [-0.15, -0.1) is 0 Å². The van der Waals surface area contributed by atoms with Crippen LogP contribution in [0.2, 0.25) is 0 Å². The Hall–Kier alpha value is -2.34. The van der Waals surface area contributed by atoms with E-state index in [0.717, 1.165) is 0 Å². The molecule has 0 bridgehead atoms. The van der Waals surface area contributed by atoms with E-state index in [0.29, 0.717) is 11.8 Å². The van der Waals surface area contributed by atoms with Crippen molar-refractivity contribution >= 4 is 16.3 Å². The van der Waals surface area contributed by atoms with Crippen LogP contribution in [0, 0.1) is 12.8 Å². The van der Waals surface area contributed by atoms with Crippen LogP contribution in [-0.4, -0.2) is 0 Å². The molecule has 1 aliphatic carbocycles. The molecule has 0 heterocycles. The molecule has 0 aromatic heterocycles. The SMILES string of the molecule is C=C(c1ccc(C)c2ccccc12)C1CCCC(c2ccccc2)C1. The number of allylic oxidation sites excluding steroid dienone is 1. The maximum absolute atomic E-state index is 4.56. The summed E-state index contributed by atoms with van der Waals surface area (Å²) in [6.07, 6.45) is 5.10. The van der Waals surface area contributed by atoms with Crippen LogP contribution in [0.5, 0.6) is 0 Å². The molecule has 0 radical (unpaired) electrons. The van der Waals surface area contributed by atoms with Crippen LogP contribution in [0.1, 0.15) is 48.3 Å². The van der Waals surface area contributed by atoms with Gasteiger partial charge in [0.05, 0.1) is 0 Å². The molecule has 0 spiro atoms. The number of hydrogen-bond donors (Lipinski definition) is 0. The molecule has 25 heavy (non-hydrogen) atoms. The van der Waals surface area contributed by atoms with Gasteiger partial charge in [0.15, 0.2) is 0 Å². The molecule has 0 amide bonds. The van der Waals surface area contributed by atoms with Crippen molar-refractivity contribution in [1.82, 2.24) is 0 Å². The predicted octanol–water partition coefficient (Wildman–Crippen LogP) is 7.14. The Kier molecular flexibility index (Phi) is 4.44. The highest BCUT2D eigenvalue weighted by Crippen LogP contribution is 2.43. The van der Waals surface area contributed by atoms with Gasteiger partial charge in [-0.25, -0.2) is 0 Å². The zero-order valence-corrected chi connectivity index (χ0v) is 15.0. The highest BCUT2D eigenvalue weighted by atomic mass is 14.3. The minimum absolute atomic E-state index is 0.588. The molecule has 2 unspecified atom stereocenters. The topological polar surface area (TPSA) is 0 Å². The summed E-state index contributed by atoms with van der Waals surface area (Å²) in [6, 6.07) is 24.3. The molecule has 0 saturated heterocycles. The van der Waals surface area contributed by atoms with Crippen molar-refractivity contribution in [2.75, 3.05) is 0 Å². The molecule has 3 aromatic carbocycles. The summed E-state index contributed by atoms with van der Waals surface area (Å²) in [5.41, 5.74) is 5.52. The van der Waals surface area contributed by atoms with E-state index in [1.54, 1.807) is 0 Å². The van der Waals surface area contributed by atoms with Crippen LogP contribution in [0.4, 0.5) is 0 Å². The van der Waals surface area contributed by atoms with Gasteiger partial charge in [0, 0.05) is 0 Å². The van der Waals surface area contributed by atoms with E-state index in [1.807, 2.05) is 0 Å². The summed E-state index contributed by atoms with van der Waals surface area (Å²) in [5, 5.41) is 2.71. The normalized spacial score (nSPS) is 20.5. The highest BCUT2D eigenvalue weighted by Gasteiger charge is 2.26. The fourth-order valence-corrected chi connectivity index (χ4v) is 4.48. The second kappa shape index (κ2) is 6.88. The van der Waals surface area contributed by atoms with Gasteiger partial charge in [0.2, 0.25) is 0 Å². The lowest BCUT2D eigenvalue weighted by molar-refractivity contribution is 0.382. The minimum Gasteiger partial charge on any atom is -0.0949 e. The van der Waals surface area contributed by atoms with Gasteiger partial charge in [0.25, 0.3) is 0 Å². The van der Waals surface area contributed by atoms with Gasteiger partial charge in [-0.3, -0.25) is 0 Å². The Morgan fingerprint density at radius 2 is 1.56 bits per heavy atom. The van der Waals surface area contributed by atoms with Crippen LogP contribution in [0.3, 0.4) is 0 Å². The molecule has 0 N–H and O–H groups in total. The summed E-state index contributed by atoms with van der Waals surface area (Å²) in [4.78, 5) is 0. The van der Waals surface area contributed by atoms with Crippen molar-refractivity contribution in [1.29, 1.82) is 0 Å². The first kappa shape index (κ1) is 16.1. The summed E-state index contributed by atoms with van der Waals surface area (Å²) in [6.45, 7) is 6.75. The largest absolute Gasteiger partial charge is 0.0949 e. The molecule has 1 saturated carbocycles. The van der Waals surface area contributed by atoms with E-state index in [2.05, 4.69) is 80.2 Å². The quantitative estimate of drug-likeness (QED) is 0.480.